The summed E-state index contributed by atoms with van der Waals surface area (Å²) in [7, 11) is 1.48. The molecular weight excluding hydrogens is 343 g/mol. The van der Waals surface area contributed by atoms with E-state index in [1.807, 2.05) is 0 Å². The van der Waals surface area contributed by atoms with Gasteiger partial charge in [0.1, 0.15) is 0 Å². The van der Waals surface area contributed by atoms with Crippen LogP contribution in [-0.4, -0.2) is 24.7 Å². The van der Waals surface area contributed by atoms with Crippen molar-refractivity contribution in [1.82, 2.24) is 18.9 Å². The highest BCUT2D eigenvalue weighted by Gasteiger charge is 2.15. The van der Waals surface area contributed by atoms with E-state index in [1.165, 1.54) is 34.3 Å². The number of nitrogens with one attached hydrogen (secondary N) is 1. The lowest BCUT2D eigenvalue weighted by Gasteiger charge is -2.04. The van der Waals surface area contributed by atoms with Crippen LogP contribution in [-0.2, 0) is 13.5 Å². The molecule has 118 valence electrons. The van der Waals surface area contributed by atoms with Crippen LogP contribution in [0.3, 0.4) is 0 Å². The number of carbonyl (C=O) groups is 1. The minimum absolute atomic E-state index is 0.0690. The highest BCUT2D eigenvalue weighted by atomic mass is 35.5. The minimum atomic E-state index is -0.641. The number of halogens is 2. The van der Waals surface area contributed by atoms with Gasteiger partial charge in [-0.05, 0) is 18.2 Å². The second-order valence-corrected chi connectivity index (χ2v) is 5.72. The van der Waals surface area contributed by atoms with E-state index in [0.717, 1.165) is 0 Å². The number of aryl methyl sites for hydroxylation is 1. The predicted molar refractivity (Wildman–Crippen MR) is 85.6 cm³/mol. The van der Waals surface area contributed by atoms with E-state index < -0.39 is 11.4 Å². The molecule has 3 rings (SSSR count). The molecule has 0 aliphatic carbocycles. The van der Waals surface area contributed by atoms with Gasteiger partial charge in [-0.1, -0.05) is 23.2 Å². The molecule has 0 radical (unpaired) electrons. The van der Waals surface area contributed by atoms with Crippen LogP contribution in [0.5, 0.6) is 0 Å². The monoisotopic (exact) mass is 352 g/mol. The Morgan fingerprint density at radius 1 is 1.22 bits per heavy atom. The van der Waals surface area contributed by atoms with Crippen molar-refractivity contribution < 1.29 is 4.79 Å². The number of hydrogen-bond acceptors (Lipinski definition) is 4. The quantitative estimate of drug-likeness (QED) is 0.722. The molecule has 0 aliphatic heterocycles. The summed E-state index contributed by atoms with van der Waals surface area (Å²) in [6.45, 7) is 0. The Bertz CT molecular complexity index is 1050. The van der Waals surface area contributed by atoms with Crippen LogP contribution in [0, 0.1) is 0 Å². The topological polar surface area (TPSA) is 89.2 Å². The fourth-order valence-corrected chi connectivity index (χ4v) is 2.52. The number of hydrogen-bond donors (Lipinski definition) is 1. The van der Waals surface area contributed by atoms with Gasteiger partial charge in [-0.15, -0.1) is 0 Å². The number of nitrogens with zero attached hydrogens (tertiary/aromatic N) is 3. The van der Waals surface area contributed by atoms with Crippen molar-refractivity contribution in [3.8, 4) is 0 Å². The Morgan fingerprint density at radius 3 is 2.65 bits per heavy atom. The van der Waals surface area contributed by atoms with Crippen LogP contribution < -0.4 is 11.4 Å². The zero-order valence-corrected chi connectivity index (χ0v) is 13.4. The number of imidazole rings is 1. The highest BCUT2D eigenvalue weighted by Crippen LogP contribution is 2.23. The van der Waals surface area contributed by atoms with Gasteiger partial charge in [0.15, 0.2) is 5.78 Å². The van der Waals surface area contributed by atoms with Crippen LogP contribution in [0.15, 0.2) is 34.0 Å². The summed E-state index contributed by atoms with van der Waals surface area (Å²) in [6, 6.07) is 4.55. The van der Waals surface area contributed by atoms with Crippen LogP contribution in [0.2, 0.25) is 10.0 Å². The van der Waals surface area contributed by atoms with Gasteiger partial charge in [-0.2, -0.15) is 0 Å². The van der Waals surface area contributed by atoms with Crippen LogP contribution in [0.1, 0.15) is 16.1 Å². The summed E-state index contributed by atoms with van der Waals surface area (Å²) < 4.78 is 2.38. The third kappa shape index (κ3) is 2.69. The van der Waals surface area contributed by atoms with E-state index in [2.05, 4.69) is 9.97 Å². The van der Waals surface area contributed by atoms with E-state index >= 15 is 0 Å². The van der Waals surface area contributed by atoms with Crippen LogP contribution >= 0.6 is 23.2 Å². The molecule has 0 atom stereocenters. The molecule has 2 aromatic heterocycles. The summed E-state index contributed by atoms with van der Waals surface area (Å²) in [4.78, 5) is 42.0. The average Bonchev–Trinajstić information content (AvgIpc) is 2.92. The van der Waals surface area contributed by atoms with Gasteiger partial charge < -0.3 is 0 Å². The maximum Gasteiger partial charge on any atom is 0.336 e. The fraction of sp³-hybridized carbons (Fsp3) is 0.143. The maximum absolute atomic E-state index is 12.4. The summed E-state index contributed by atoms with van der Waals surface area (Å²) in [5.41, 5.74) is -0.475. The SMILES string of the molecule is Cn1c(=O)[nH]c(=O)n2c(CC(=O)c3ccc(Cl)c(Cl)c3)cnc12. The number of ketones is 1. The molecule has 0 aliphatic rings. The maximum atomic E-state index is 12.4. The molecule has 0 bridgehead atoms. The van der Waals surface area contributed by atoms with E-state index in [4.69, 9.17) is 23.2 Å². The van der Waals surface area contributed by atoms with Crippen LogP contribution in [0.4, 0.5) is 0 Å². The van der Waals surface area contributed by atoms with Gasteiger partial charge in [0, 0.05) is 12.6 Å². The van der Waals surface area contributed by atoms with Crippen molar-refractivity contribution in [2.45, 2.75) is 6.42 Å². The van der Waals surface area contributed by atoms with E-state index in [0.29, 0.717) is 16.3 Å². The molecule has 7 nitrogen and oxygen atoms in total. The van der Waals surface area contributed by atoms with Crippen molar-refractivity contribution in [2.24, 2.45) is 7.05 Å². The highest BCUT2D eigenvalue weighted by molar-refractivity contribution is 6.42. The second-order valence-electron chi connectivity index (χ2n) is 4.91. The number of Topliss-reactive ketones (excluding diaryl/α,β-unsaturated/α-hetero) is 1. The summed E-state index contributed by atoms with van der Waals surface area (Å²) >= 11 is 11.7. The molecule has 0 fully saturated rings. The standard InChI is InChI=1S/C14H10Cl2N4O3/c1-19-12-17-6-8(20(12)14(23)18-13(19)22)5-11(21)7-2-3-9(15)10(16)4-7/h2-4,6H,5H2,1H3,(H,18,22,23). The number of aromatic nitrogens is 4. The normalized spacial score (nSPS) is 11.1. The molecule has 0 spiro atoms. The first-order chi connectivity index (χ1) is 10.9. The van der Waals surface area contributed by atoms with Crippen molar-refractivity contribution in [1.29, 1.82) is 0 Å². The average molecular weight is 353 g/mol. The van der Waals surface area contributed by atoms with Gasteiger partial charge in [-0.25, -0.2) is 19.0 Å². The van der Waals surface area contributed by atoms with Crippen molar-refractivity contribution in [3.63, 3.8) is 0 Å². The number of benzene rings is 1. The third-order valence-corrected chi connectivity index (χ3v) is 4.16. The third-order valence-electron chi connectivity index (χ3n) is 3.42. The number of aromatic amines is 1. The first-order valence-electron chi connectivity index (χ1n) is 6.52. The molecule has 9 heteroatoms. The molecule has 3 aromatic rings. The first-order valence-corrected chi connectivity index (χ1v) is 7.28. The van der Waals surface area contributed by atoms with Crippen molar-refractivity contribution in [2.75, 3.05) is 0 Å². The Hall–Kier alpha value is -2.38. The molecule has 0 amide bonds. The number of fused-ring (bicyclic) bond motifs is 1. The van der Waals surface area contributed by atoms with Gasteiger partial charge in [0.2, 0.25) is 5.78 Å². The Balaban J connectivity index is 2.03. The minimum Gasteiger partial charge on any atom is -0.294 e. The van der Waals surface area contributed by atoms with Gasteiger partial charge in [-0.3, -0.25) is 14.3 Å². The first kappa shape index (κ1) is 15.5. The zero-order valence-electron chi connectivity index (χ0n) is 11.8. The van der Waals surface area contributed by atoms with Crippen molar-refractivity contribution in [3.05, 3.63) is 66.7 Å². The molecule has 1 N–H and O–H groups in total. The Kier molecular flexibility index (Phi) is 3.83. The second kappa shape index (κ2) is 5.68. The van der Waals surface area contributed by atoms with E-state index in [1.54, 1.807) is 6.07 Å². The number of H-pyrrole nitrogens is 1. The fourth-order valence-electron chi connectivity index (χ4n) is 2.22. The molecule has 0 saturated heterocycles. The molecule has 0 unspecified atom stereocenters. The summed E-state index contributed by atoms with van der Waals surface area (Å²) in [6.07, 6.45) is 1.32. The smallest absolute Gasteiger partial charge is 0.294 e. The van der Waals surface area contributed by atoms with Crippen LogP contribution in [0.25, 0.3) is 5.78 Å². The number of rotatable bonds is 3. The largest absolute Gasteiger partial charge is 0.336 e. The number of carbonyl (C=O) groups excluding carboxylic acids is 1. The molecule has 2 heterocycles. The molecule has 23 heavy (non-hydrogen) atoms. The zero-order chi connectivity index (χ0) is 16.7. The van der Waals surface area contributed by atoms with Gasteiger partial charge in [0.05, 0.1) is 28.4 Å². The Labute approximate surface area is 139 Å². The summed E-state index contributed by atoms with van der Waals surface area (Å²) in [5.74, 6) is -0.0886. The molecule has 1 aromatic carbocycles. The van der Waals surface area contributed by atoms with Crippen molar-refractivity contribution >= 4 is 34.8 Å². The van der Waals surface area contributed by atoms with Gasteiger partial charge >= 0.3 is 11.4 Å². The molecular formula is C14H10Cl2N4O3. The summed E-state index contributed by atoms with van der Waals surface area (Å²) in [5, 5.41) is 0.625. The lowest BCUT2D eigenvalue weighted by atomic mass is 10.1. The Morgan fingerprint density at radius 2 is 1.96 bits per heavy atom. The predicted octanol–water partition coefficient (Wildman–Crippen LogP) is 1.45. The lowest BCUT2D eigenvalue weighted by molar-refractivity contribution is 0.0991. The van der Waals surface area contributed by atoms with Gasteiger partial charge in [0.25, 0.3) is 0 Å². The lowest BCUT2D eigenvalue weighted by Crippen LogP contribution is -2.34. The molecule has 0 saturated carbocycles. The van der Waals surface area contributed by atoms with E-state index in [-0.39, 0.29) is 23.0 Å². The van der Waals surface area contributed by atoms with E-state index in [9.17, 15) is 14.4 Å².